The Kier molecular flexibility index (Phi) is 16.9. The number of hydrogen-bond acceptors (Lipinski definition) is 18. The minimum atomic E-state index is -1.37. The lowest BCUT2D eigenvalue weighted by Crippen LogP contribution is -2.55. The average Bonchev–Trinajstić information content (AvgIpc) is 3.95. The van der Waals surface area contributed by atoms with Gasteiger partial charge in [-0.25, -0.2) is 0 Å². The van der Waals surface area contributed by atoms with Gasteiger partial charge in [0, 0.05) is 105 Å². The van der Waals surface area contributed by atoms with Crippen LogP contribution in [0.5, 0.6) is 0 Å². The molecule has 5 aliphatic heterocycles. The van der Waals surface area contributed by atoms with Crippen molar-refractivity contribution >= 4 is 58.9 Å². The normalized spacial score (nSPS) is 32.4. The number of nitrogens with one attached hydrogen (secondary N) is 1. The van der Waals surface area contributed by atoms with Crippen LogP contribution in [0.3, 0.4) is 0 Å². The van der Waals surface area contributed by atoms with Gasteiger partial charge in [-0.05, 0) is 63.7 Å². The van der Waals surface area contributed by atoms with Crippen LogP contribution in [-0.4, -0.2) is 120 Å². The van der Waals surface area contributed by atoms with Crippen LogP contribution in [0, 0.1) is 45.3 Å². The van der Waals surface area contributed by atoms with E-state index in [1.807, 2.05) is 47.6 Å². The van der Waals surface area contributed by atoms with Crippen LogP contribution in [-0.2, 0) is 66.7 Å². The smallest absolute Gasteiger partial charge is 0.306 e. The van der Waals surface area contributed by atoms with Crippen LogP contribution in [0.15, 0.2) is 49.3 Å². The molecule has 0 radical (unpaired) electrons. The number of aliphatic imine (C=N–C) groups is 3. The molecule has 0 spiro atoms. The molecular weight excluding hydrogens is 905 g/mol. The molecule has 0 amide bonds. The summed E-state index contributed by atoms with van der Waals surface area (Å²) in [5.74, 6) is -5.67. The first-order chi connectivity index (χ1) is 32.8. The third-order valence-electron chi connectivity index (χ3n) is 16.8. The molecule has 5 aliphatic rings. The van der Waals surface area contributed by atoms with E-state index in [0.29, 0.717) is 51.8 Å². The third-order valence-corrected chi connectivity index (χ3v) is 16.8. The second kappa shape index (κ2) is 21.4. The van der Waals surface area contributed by atoms with Gasteiger partial charge < -0.3 is 38.5 Å². The second-order valence-electron chi connectivity index (χ2n) is 20.7. The molecule has 1 unspecified atom stereocenters. The van der Waals surface area contributed by atoms with Crippen LogP contribution >= 0.6 is 0 Å². The Morgan fingerprint density at radius 2 is 1.07 bits per heavy atom. The summed E-state index contributed by atoms with van der Waals surface area (Å²) in [6.45, 7) is 15.7. The highest BCUT2D eigenvalue weighted by molar-refractivity contribution is 6.10. The number of allylic oxidation sites excluding steroid dienone is 6. The predicted octanol–water partition coefficient (Wildman–Crippen LogP) is 6.54. The first kappa shape index (κ1) is 55.2. The third kappa shape index (κ3) is 9.97. The quantitative estimate of drug-likeness (QED) is 0.113. The molecule has 70 heavy (non-hydrogen) atoms. The standard InChI is InChI=1S/C52H74N4O14/c1-28-43-31(17-20-37(58)65-10)48(3,4)35(54-43)25-34-30(16-19-36(57)64-9)50(6,26-41(62)69-14)46(53-34)29(2)44-32(18-21-38(59)66-11)51(7,27-42(63)70-15)52(8,56-44)47-33(24-40(61)68-13)49(5,45(28)55-47)23-22-39(60)67-12/h25,30-33,47,53H,16-24,26-27H2,1-15H3/b34-25-,43-28-,46-29?/t30-,31-,32-,33+,47?,49-,50+,51+,52+/m1/s1. The largest absolute Gasteiger partial charge is 0.469 e. The number of rotatable bonds is 18. The van der Waals surface area contributed by atoms with E-state index in [9.17, 15) is 33.6 Å². The van der Waals surface area contributed by atoms with Gasteiger partial charge in [-0.3, -0.25) is 48.5 Å². The van der Waals surface area contributed by atoms with Gasteiger partial charge in [-0.2, -0.15) is 0 Å². The van der Waals surface area contributed by atoms with E-state index in [-0.39, 0.29) is 64.2 Å². The first-order valence-electron chi connectivity index (χ1n) is 24.0. The molecule has 1 N–H and O–H groups in total. The molecule has 0 aliphatic carbocycles. The fourth-order valence-corrected chi connectivity index (χ4v) is 12.3. The summed E-state index contributed by atoms with van der Waals surface area (Å²) in [5.41, 5.74) is -0.483. The molecule has 1 saturated heterocycles. The Labute approximate surface area is 411 Å². The molecule has 5 rings (SSSR count). The van der Waals surface area contributed by atoms with Crippen molar-refractivity contribution in [1.29, 1.82) is 0 Å². The number of carbonyl (C=O) groups is 7. The zero-order valence-electron chi connectivity index (χ0n) is 43.8. The van der Waals surface area contributed by atoms with Gasteiger partial charge in [0.1, 0.15) is 0 Å². The van der Waals surface area contributed by atoms with Crippen molar-refractivity contribution in [3.8, 4) is 0 Å². The lowest BCUT2D eigenvalue weighted by molar-refractivity contribution is -0.147. The second-order valence-corrected chi connectivity index (χ2v) is 20.7. The molecule has 9 atom stereocenters. The molecule has 18 nitrogen and oxygen atoms in total. The highest BCUT2D eigenvalue weighted by Gasteiger charge is 2.66. The minimum absolute atomic E-state index is 0.0103. The van der Waals surface area contributed by atoms with Crippen molar-refractivity contribution in [3.05, 3.63) is 34.3 Å². The van der Waals surface area contributed by atoms with Gasteiger partial charge in [-0.1, -0.05) is 34.6 Å². The van der Waals surface area contributed by atoms with Gasteiger partial charge in [0.15, 0.2) is 0 Å². The molecule has 386 valence electrons. The van der Waals surface area contributed by atoms with Crippen molar-refractivity contribution in [2.75, 3.05) is 49.8 Å². The van der Waals surface area contributed by atoms with Crippen molar-refractivity contribution < 1.29 is 66.7 Å². The number of nitrogens with zero attached hydrogens (tertiary/aromatic N) is 3. The van der Waals surface area contributed by atoms with E-state index in [4.69, 9.17) is 48.1 Å². The SMILES string of the molecule is COC(=O)CC[C@@H]1/C2=C(\C)C3=NC([C@H](CC(=O)OC)[C@@]3(C)CCC(=O)OC)[C@]3(C)N=C(C(C)=C4N/C(=C\C(=N2)C1(C)C)[C@@H](CCC(=O)OC)[C@]4(C)CC(=O)OC)[C@@H](CCC(=O)OC)[C@]3(C)CC(=O)OC. The van der Waals surface area contributed by atoms with Gasteiger partial charge in [0.05, 0.1) is 80.6 Å². The molecular formula is C52H74N4O14. The van der Waals surface area contributed by atoms with Crippen LogP contribution in [0.2, 0.25) is 0 Å². The lowest BCUT2D eigenvalue weighted by Gasteiger charge is -2.48. The van der Waals surface area contributed by atoms with Crippen LogP contribution in [0.1, 0.15) is 126 Å². The summed E-state index contributed by atoms with van der Waals surface area (Å²) < 4.78 is 36.8. The van der Waals surface area contributed by atoms with E-state index in [1.54, 1.807) is 0 Å². The van der Waals surface area contributed by atoms with E-state index >= 15 is 0 Å². The van der Waals surface area contributed by atoms with Crippen LogP contribution in [0.25, 0.3) is 0 Å². The highest BCUT2D eigenvalue weighted by atomic mass is 16.5. The molecule has 5 heterocycles. The molecule has 0 aromatic carbocycles. The summed E-state index contributed by atoms with van der Waals surface area (Å²) >= 11 is 0. The Balaban J connectivity index is 2.05. The van der Waals surface area contributed by atoms with Crippen LogP contribution < -0.4 is 5.32 Å². The predicted molar refractivity (Wildman–Crippen MR) is 258 cm³/mol. The summed E-state index contributed by atoms with van der Waals surface area (Å²) in [7, 11) is 9.21. The topological polar surface area (TPSA) is 233 Å². The summed E-state index contributed by atoms with van der Waals surface area (Å²) in [6.07, 6.45) is 2.42. The highest BCUT2D eigenvalue weighted by Crippen LogP contribution is 2.62. The number of fused-ring (bicyclic) bond motifs is 6. The van der Waals surface area contributed by atoms with E-state index < -0.39 is 98.7 Å². The maximum atomic E-state index is 14.0. The lowest BCUT2D eigenvalue weighted by atomic mass is 9.55. The van der Waals surface area contributed by atoms with Gasteiger partial charge in [-0.15, -0.1) is 0 Å². The molecule has 0 saturated carbocycles. The maximum Gasteiger partial charge on any atom is 0.306 e. The van der Waals surface area contributed by atoms with Crippen molar-refractivity contribution in [1.82, 2.24) is 5.32 Å². The van der Waals surface area contributed by atoms with Crippen molar-refractivity contribution in [2.45, 2.75) is 138 Å². The Morgan fingerprint density at radius 3 is 1.60 bits per heavy atom. The number of hydrogen-bond donors (Lipinski definition) is 1. The minimum Gasteiger partial charge on any atom is -0.469 e. The molecule has 1 fully saturated rings. The number of esters is 7. The van der Waals surface area contributed by atoms with Crippen molar-refractivity contribution in [3.63, 3.8) is 0 Å². The van der Waals surface area contributed by atoms with Crippen LogP contribution in [0.4, 0.5) is 0 Å². The first-order valence-corrected chi connectivity index (χ1v) is 24.0. The fourth-order valence-electron chi connectivity index (χ4n) is 12.3. The Bertz CT molecular complexity index is 2340. The maximum absolute atomic E-state index is 14.0. The number of ether oxygens (including phenoxy) is 7. The number of methoxy groups -OCH3 is 7. The van der Waals surface area contributed by atoms with E-state index in [0.717, 1.165) is 0 Å². The summed E-state index contributed by atoms with van der Waals surface area (Å²) in [4.78, 5) is 111. The monoisotopic (exact) mass is 979 g/mol. The van der Waals surface area contributed by atoms with Crippen molar-refractivity contribution in [2.24, 2.45) is 60.3 Å². The summed E-state index contributed by atoms with van der Waals surface area (Å²) in [6, 6.07) is -0.888. The zero-order valence-corrected chi connectivity index (χ0v) is 43.8. The molecule has 18 heteroatoms. The molecule has 8 bridgehead atoms. The Hall–Kier alpha value is -5.68. The molecule has 0 aromatic rings. The Morgan fingerprint density at radius 1 is 0.586 bits per heavy atom. The van der Waals surface area contributed by atoms with E-state index in [2.05, 4.69) is 19.2 Å². The molecule has 0 aromatic heterocycles. The van der Waals surface area contributed by atoms with Gasteiger partial charge >= 0.3 is 41.8 Å². The average molecular weight is 979 g/mol. The number of carbonyl (C=O) groups excluding carboxylic acids is 7. The summed E-state index contributed by atoms with van der Waals surface area (Å²) in [5, 5.41) is 3.73. The van der Waals surface area contributed by atoms with Gasteiger partial charge in [0.25, 0.3) is 0 Å². The van der Waals surface area contributed by atoms with E-state index in [1.165, 1.54) is 49.8 Å². The van der Waals surface area contributed by atoms with Gasteiger partial charge in [0.2, 0.25) is 0 Å². The zero-order chi connectivity index (χ0) is 52.3. The fraction of sp³-hybridized carbons (Fsp3) is 0.692.